The zero-order valence-electron chi connectivity index (χ0n) is 17.5. The van der Waals surface area contributed by atoms with Gasteiger partial charge in [0, 0.05) is 45.8 Å². The molecule has 2 saturated heterocycles. The van der Waals surface area contributed by atoms with E-state index in [2.05, 4.69) is 60.6 Å². The van der Waals surface area contributed by atoms with Crippen LogP contribution in [0.2, 0.25) is 0 Å². The fraction of sp³-hybridized carbons (Fsp3) is 0.667. The van der Waals surface area contributed by atoms with Gasteiger partial charge in [-0.15, -0.1) is 0 Å². The van der Waals surface area contributed by atoms with Gasteiger partial charge in [0.05, 0.1) is 37.6 Å². The summed E-state index contributed by atoms with van der Waals surface area (Å²) in [6.07, 6.45) is 1.19. The van der Waals surface area contributed by atoms with Crippen molar-refractivity contribution >= 4 is 17.0 Å². The van der Waals surface area contributed by atoms with E-state index in [1.54, 1.807) is 0 Å². The van der Waals surface area contributed by atoms with E-state index >= 15 is 0 Å². The van der Waals surface area contributed by atoms with Gasteiger partial charge in [-0.3, -0.25) is 19.4 Å². The Morgan fingerprint density at radius 1 is 0.897 bits per heavy atom. The Morgan fingerprint density at radius 2 is 1.66 bits per heavy atom. The summed E-state index contributed by atoms with van der Waals surface area (Å²) in [4.78, 5) is 12.5. The molecule has 2 aromatic rings. The van der Waals surface area contributed by atoms with Crippen LogP contribution < -0.4 is 5.01 Å². The molecule has 0 N–H and O–H groups in total. The maximum absolute atomic E-state index is 5.48. The highest BCUT2D eigenvalue weighted by Gasteiger charge is 2.31. The number of hydrogen-bond donors (Lipinski definition) is 0. The van der Waals surface area contributed by atoms with Crippen LogP contribution in [0.15, 0.2) is 24.3 Å². The van der Waals surface area contributed by atoms with Crippen molar-refractivity contribution in [2.24, 2.45) is 0 Å². The molecule has 2 fully saturated rings. The number of nitrogens with zero attached hydrogens (tertiary/aromatic N) is 7. The van der Waals surface area contributed by atoms with E-state index in [9.17, 15) is 0 Å². The van der Waals surface area contributed by atoms with Crippen LogP contribution in [0.1, 0.15) is 6.42 Å². The van der Waals surface area contributed by atoms with E-state index < -0.39 is 0 Å². The number of morpholine rings is 1. The normalized spacial score (nSPS) is 23.0. The minimum atomic E-state index is 0.880. The van der Waals surface area contributed by atoms with E-state index in [1.807, 2.05) is 0 Å². The molecule has 3 aliphatic heterocycles. The average molecular weight is 400 g/mol. The minimum Gasteiger partial charge on any atom is -0.379 e. The standard InChI is InChI=1S/C21H33N7O/c1-23-9-11-26(12-10-23)28-18-25(8-4-7-24-13-15-29-16-14-24)17-27-20-6-3-2-5-19(20)22-21(27)28/h2-3,5-6H,4,7-18H2,1H3. The molecular weight excluding hydrogens is 366 g/mol. The highest BCUT2D eigenvalue weighted by molar-refractivity contribution is 5.78. The Labute approximate surface area is 173 Å². The van der Waals surface area contributed by atoms with Gasteiger partial charge in [-0.25, -0.2) is 9.99 Å². The summed E-state index contributed by atoms with van der Waals surface area (Å²) in [7, 11) is 2.21. The first-order chi connectivity index (χ1) is 14.3. The number of ether oxygens (including phenoxy) is 1. The van der Waals surface area contributed by atoms with E-state index in [0.29, 0.717) is 0 Å². The summed E-state index contributed by atoms with van der Waals surface area (Å²) in [5.74, 6) is 1.10. The lowest BCUT2D eigenvalue weighted by Gasteiger charge is -2.45. The molecule has 3 aliphatic rings. The Balaban J connectivity index is 1.32. The first-order valence-corrected chi connectivity index (χ1v) is 11.0. The van der Waals surface area contributed by atoms with Crippen molar-refractivity contribution in [1.29, 1.82) is 0 Å². The maximum atomic E-state index is 5.48. The molecular formula is C21H33N7O. The van der Waals surface area contributed by atoms with E-state index in [4.69, 9.17) is 9.72 Å². The lowest BCUT2D eigenvalue weighted by atomic mass is 10.3. The number of imidazole rings is 1. The highest BCUT2D eigenvalue weighted by atomic mass is 16.5. The average Bonchev–Trinajstić information content (AvgIpc) is 3.13. The molecule has 0 saturated carbocycles. The van der Waals surface area contributed by atoms with Crippen LogP contribution in [0.5, 0.6) is 0 Å². The van der Waals surface area contributed by atoms with E-state index in [1.165, 1.54) is 11.9 Å². The number of piperazine rings is 1. The quantitative estimate of drug-likeness (QED) is 0.742. The van der Waals surface area contributed by atoms with Gasteiger partial charge in [-0.05, 0) is 32.1 Å². The van der Waals surface area contributed by atoms with Crippen LogP contribution in [0.4, 0.5) is 5.95 Å². The minimum absolute atomic E-state index is 0.880. The van der Waals surface area contributed by atoms with Gasteiger partial charge in [0.25, 0.3) is 0 Å². The number of anilines is 1. The second kappa shape index (κ2) is 8.57. The third kappa shape index (κ3) is 4.13. The molecule has 8 heteroatoms. The summed E-state index contributed by atoms with van der Waals surface area (Å²) in [5.41, 5.74) is 2.33. The van der Waals surface area contributed by atoms with Crippen LogP contribution in [-0.4, -0.2) is 109 Å². The van der Waals surface area contributed by atoms with Crippen LogP contribution >= 0.6 is 0 Å². The van der Waals surface area contributed by atoms with Crippen molar-refractivity contribution in [2.75, 3.05) is 84.3 Å². The lowest BCUT2D eigenvalue weighted by molar-refractivity contribution is 0.0342. The molecule has 0 bridgehead atoms. The van der Waals surface area contributed by atoms with Crippen LogP contribution in [0.25, 0.3) is 11.0 Å². The number of benzene rings is 1. The maximum Gasteiger partial charge on any atom is 0.223 e. The molecule has 0 aliphatic carbocycles. The Hall–Kier alpha value is -1.71. The predicted molar refractivity (Wildman–Crippen MR) is 115 cm³/mol. The molecule has 1 aromatic carbocycles. The molecule has 1 aromatic heterocycles. The third-order valence-corrected chi connectivity index (χ3v) is 6.41. The second-order valence-electron chi connectivity index (χ2n) is 8.47. The fourth-order valence-corrected chi connectivity index (χ4v) is 4.63. The van der Waals surface area contributed by atoms with E-state index in [-0.39, 0.29) is 0 Å². The summed E-state index contributed by atoms with van der Waals surface area (Å²) in [6.45, 7) is 12.3. The second-order valence-corrected chi connectivity index (χ2v) is 8.47. The van der Waals surface area contributed by atoms with Gasteiger partial charge in [0.2, 0.25) is 5.95 Å². The smallest absolute Gasteiger partial charge is 0.223 e. The highest BCUT2D eigenvalue weighted by Crippen LogP contribution is 2.28. The van der Waals surface area contributed by atoms with Crippen molar-refractivity contribution in [3.63, 3.8) is 0 Å². The number of rotatable bonds is 5. The Morgan fingerprint density at radius 3 is 2.48 bits per heavy atom. The summed E-state index contributed by atoms with van der Waals surface area (Å²) in [6, 6.07) is 8.54. The number of fused-ring (bicyclic) bond motifs is 3. The topological polar surface area (TPSA) is 43.2 Å². The molecule has 29 heavy (non-hydrogen) atoms. The molecule has 0 radical (unpaired) electrons. The Kier molecular flexibility index (Phi) is 5.69. The predicted octanol–water partition coefficient (Wildman–Crippen LogP) is 0.958. The molecule has 0 amide bonds. The SMILES string of the molecule is CN1CCN(N2CN(CCCN3CCOCC3)Cn3c2nc2ccccc23)CC1. The molecule has 8 nitrogen and oxygen atoms in total. The van der Waals surface area contributed by atoms with Gasteiger partial charge >= 0.3 is 0 Å². The number of likely N-dealkylation sites (N-methyl/N-ethyl adjacent to an activating group) is 1. The summed E-state index contributed by atoms with van der Waals surface area (Å²) < 4.78 is 7.87. The summed E-state index contributed by atoms with van der Waals surface area (Å²) in [5, 5.41) is 4.91. The molecule has 4 heterocycles. The first kappa shape index (κ1) is 19.3. The van der Waals surface area contributed by atoms with Crippen molar-refractivity contribution in [2.45, 2.75) is 13.1 Å². The largest absolute Gasteiger partial charge is 0.379 e. The van der Waals surface area contributed by atoms with Crippen LogP contribution in [0.3, 0.4) is 0 Å². The first-order valence-electron chi connectivity index (χ1n) is 11.0. The van der Waals surface area contributed by atoms with Gasteiger partial charge in [0.15, 0.2) is 0 Å². The van der Waals surface area contributed by atoms with Gasteiger partial charge in [-0.2, -0.15) is 0 Å². The number of hydrazine groups is 1. The molecule has 0 unspecified atom stereocenters. The fourth-order valence-electron chi connectivity index (χ4n) is 4.63. The van der Waals surface area contributed by atoms with Gasteiger partial charge in [0.1, 0.15) is 0 Å². The zero-order chi connectivity index (χ0) is 19.6. The number of para-hydroxylation sites is 2. The van der Waals surface area contributed by atoms with Crippen molar-refractivity contribution < 1.29 is 4.74 Å². The van der Waals surface area contributed by atoms with Gasteiger partial charge in [-0.1, -0.05) is 12.1 Å². The summed E-state index contributed by atoms with van der Waals surface area (Å²) >= 11 is 0. The molecule has 5 rings (SSSR count). The van der Waals surface area contributed by atoms with Crippen LogP contribution in [-0.2, 0) is 11.4 Å². The molecule has 0 spiro atoms. The van der Waals surface area contributed by atoms with E-state index in [0.717, 1.165) is 90.4 Å². The molecule has 0 atom stereocenters. The van der Waals surface area contributed by atoms with Crippen molar-refractivity contribution in [3.05, 3.63) is 24.3 Å². The number of aromatic nitrogens is 2. The van der Waals surface area contributed by atoms with Gasteiger partial charge < -0.3 is 9.64 Å². The van der Waals surface area contributed by atoms with Crippen molar-refractivity contribution in [1.82, 2.24) is 29.3 Å². The van der Waals surface area contributed by atoms with Crippen LogP contribution in [0, 0.1) is 0 Å². The monoisotopic (exact) mass is 399 g/mol. The zero-order valence-corrected chi connectivity index (χ0v) is 17.5. The number of hydrogen-bond acceptors (Lipinski definition) is 7. The molecule has 158 valence electrons. The lowest BCUT2D eigenvalue weighted by Crippen LogP contribution is -2.58. The van der Waals surface area contributed by atoms with Crippen molar-refractivity contribution in [3.8, 4) is 0 Å². The Bertz CT molecular complexity index is 810. The third-order valence-electron chi connectivity index (χ3n) is 6.41.